The van der Waals surface area contributed by atoms with Gasteiger partial charge in [0.2, 0.25) is 0 Å². The molecule has 0 aliphatic rings. The van der Waals surface area contributed by atoms with Gasteiger partial charge < -0.3 is 15.4 Å². The number of pyridine rings is 1. The zero-order chi connectivity index (χ0) is 15.9. The van der Waals surface area contributed by atoms with E-state index in [1.165, 1.54) is 6.20 Å². The first-order valence-electron chi connectivity index (χ1n) is 6.55. The molecule has 0 spiro atoms. The van der Waals surface area contributed by atoms with Crippen LogP contribution in [0.1, 0.15) is 17.3 Å². The molecule has 22 heavy (non-hydrogen) atoms. The molecule has 2 aromatic rings. The molecule has 0 aliphatic heterocycles. The van der Waals surface area contributed by atoms with E-state index in [1.807, 2.05) is 0 Å². The third-order valence-electron chi connectivity index (χ3n) is 2.64. The summed E-state index contributed by atoms with van der Waals surface area (Å²) in [5, 5.41) is 5.60. The second-order valence-electron chi connectivity index (χ2n) is 4.25. The molecule has 0 fully saturated rings. The molecule has 0 radical (unpaired) electrons. The van der Waals surface area contributed by atoms with Crippen molar-refractivity contribution in [2.45, 2.75) is 6.92 Å². The number of anilines is 2. The molecular formula is C15H14ClN3O3. The molecule has 2 amide bonds. The number of ether oxygens (including phenoxy) is 1. The number of carbonyl (C=O) groups excluding carboxylic acids is 2. The van der Waals surface area contributed by atoms with Crippen molar-refractivity contribution in [2.75, 3.05) is 17.2 Å². The number of rotatable bonds is 4. The number of nitrogens with zero attached hydrogens (tertiary/aromatic N) is 1. The van der Waals surface area contributed by atoms with Crippen LogP contribution < -0.4 is 10.6 Å². The zero-order valence-electron chi connectivity index (χ0n) is 11.8. The number of benzene rings is 1. The van der Waals surface area contributed by atoms with Gasteiger partial charge in [-0.3, -0.25) is 0 Å². The van der Waals surface area contributed by atoms with Crippen molar-refractivity contribution in [3.63, 3.8) is 0 Å². The molecule has 1 aromatic heterocycles. The molecule has 0 atom stereocenters. The molecule has 2 N–H and O–H groups in total. The highest BCUT2D eigenvalue weighted by molar-refractivity contribution is 6.29. The summed E-state index contributed by atoms with van der Waals surface area (Å²) >= 11 is 5.66. The van der Waals surface area contributed by atoms with Crippen LogP contribution >= 0.6 is 11.6 Å². The predicted molar refractivity (Wildman–Crippen MR) is 84.3 cm³/mol. The van der Waals surface area contributed by atoms with Crippen LogP contribution in [-0.2, 0) is 4.74 Å². The van der Waals surface area contributed by atoms with Crippen LogP contribution in [0.15, 0.2) is 42.6 Å². The number of urea groups is 1. The van der Waals surface area contributed by atoms with E-state index in [0.717, 1.165) is 0 Å². The van der Waals surface area contributed by atoms with Gasteiger partial charge in [-0.2, -0.15) is 0 Å². The number of carbonyl (C=O) groups is 2. The summed E-state index contributed by atoms with van der Waals surface area (Å²) in [4.78, 5) is 27.2. The number of amides is 2. The van der Waals surface area contributed by atoms with E-state index < -0.39 is 12.0 Å². The van der Waals surface area contributed by atoms with Crippen molar-refractivity contribution in [1.82, 2.24) is 4.98 Å². The highest BCUT2D eigenvalue weighted by Gasteiger charge is 2.07. The lowest BCUT2D eigenvalue weighted by atomic mass is 10.2. The van der Waals surface area contributed by atoms with Gasteiger partial charge in [0.25, 0.3) is 0 Å². The third-order valence-corrected chi connectivity index (χ3v) is 2.86. The molecule has 114 valence electrons. The molecule has 0 bridgehead atoms. The van der Waals surface area contributed by atoms with Gasteiger partial charge in [0.1, 0.15) is 5.15 Å². The van der Waals surface area contributed by atoms with Gasteiger partial charge >= 0.3 is 12.0 Å². The van der Waals surface area contributed by atoms with E-state index in [2.05, 4.69) is 15.6 Å². The molecule has 2 rings (SSSR count). The molecular weight excluding hydrogens is 306 g/mol. The fourth-order valence-electron chi connectivity index (χ4n) is 1.65. The monoisotopic (exact) mass is 319 g/mol. The van der Waals surface area contributed by atoms with E-state index in [0.29, 0.717) is 28.7 Å². The summed E-state index contributed by atoms with van der Waals surface area (Å²) in [6.07, 6.45) is 1.45. The Morgan fingerprint density at radius 2 is 1.73 bits per heavy atom. The number of hydrogen-bond donors (Lipinski definition) is 2. The van der Waals surface area contributed by atoms with Crippen LogP contribution in [0.25, 0.3) is 0 Å². The third kappa shape index (κ3) is 4.46. The largest absolute Gasteiger partial charge is 0.462 e. The highest BCUT2D eigenvalue weighted by Crippen LogP contribution is 2.13. The summed E-state index contributed by atoms with van der Waals surface area (Å²) in [5.41, 5.74) is 1.49. The number of nitrogens with one attached hydrogen (secondary N) is 2. The van der Waals surface area contributed by atoms with Crippen molar-refractivity contribution >= 4 is 35.0 Å². The molecule has 0 saturated heterocycles. The molecule has 6 nitrogen and oxygen atoms in total. The summed E-state index contributed by atoms with van der Waals surface area (Å²) < 4.78 is 4.88. The number of halogens is 1. The molecule has 1 aromatic carbocycles. The Morgan fingerprint density at radius 1 is 1.09 bits per heavy atom. The van der Waals surface area contributed by atoms with Crippen molar-refractivity contribution < 1.29 is 14.3 Å². The Labute approximate surface area is 132 Å². The van der Waals surface area contributed by atoms with Gasteiger partial charge in [-0.25, -0.2) is 14.6 Å². The van der Waals surface area contributed by atoms with Gasteiger partial charge in [-0.15, -0.1) is 0 Å². The maximum absolute atomic E-state index is 11.8. The standard InChI is InChI=1S/C15H14ClN3O3/c1-2-22-14(20)10-3-5-11(6-4-10)18-15(21)19-12-7-8-13(16)17-9-12/h3-9H,2H2,1H3,(H2,18,19,21). The minimum atomic E-state index is -0.423. The van der Waals surface area contributed by atoms with Crippen molar-refractivity contribution in [1.29, 1.82) is 0 Å². The molecule has 7 heteroatoms. The highest BCUT2D eigenvalue weighted by atomic mass is 35.5. The normalized spacial score (nSPS) is 9.91. The maximum Gasteiger partial charge on any atom is 0.338 e. The summed E-state index contributed by atoms with van der Waals surface area (Å²) in [6.45, 7) is 2.06. The van der Waals surface area contributed by atoms with Crippen LogP contribution in [0.3, 0.4) is 0 Å². The average molecular weight is 320 g/mol. The Bertz CT molecular complexity index is 657. The van der Waals surface area contributed by atoms with Gasteiger partial charge in [0.15, 0.2) is 0 Å². The number of hydrogen-bond acceptors (Lipinski definition) is 4. The van der Waals surface area contributed by atoms with E-state index in [9.17, 15) is 9.59 Å². The van der Waals surface area contributed by atoms with E-state index in [1.54, 1.807) is 43.3 Å². The van der Waals surface area contributed by atoms with E-state index >= 15 is 0 Å². The number of aromatic nitrogens is 1. The van der Waals surface area contributed by atoms with Crippen LogP contribution in [0.4, 0.5) is 16.2 Å². The lowest BCUT2D eigenvalue weighted by molar-refractivity contribution is 0.0526. The topological polar surface area (TPSA) is 80.3 Å². The lowest BCUT2D eigenvalue weighted by Crippen LogP contribution is -2.19. The van der Waals surface area contributed by atoms with Gasteiger partial charge in [-0.05, 0) is 43.3 Å². The summed E-state index contributed by atoms with van der Waals surface area (Å²) in [6, 6.07) is 9.18. The van der Waals surface area contributed by atoms with Crippen LogP contribution in [0.5, 0.6) is 0 Å². The Morgan fingerprint density at radius 3 is 2.32 bits per heavy atom. The van der Waals surface area contributed by atoms with Crippen molar-refractivity contribution in [2.24, 2.45) is 0 Å². The van der Waals surface area contributed by atoms with Crippen LogP contribution in [-0.4, -0.2) is 23.6 Å². The predicted octanol–water partition coefficient (Wildman–Crippen LogP) is 3.56. The fraction of sp³-hybridized carbons (Fsp3) is 0.133. The van der Waals surface area contributed by atoms with Gasteiger partial charge in [0.05, 0.1) is 24.1 Å². The average Bonchev–Trinajstić information content (AvgIpc) is 2.50. The van der Waals surface area contributed by atoms with Gasteiger partial charge in [-0.1, -0.05) is 11.6 Å². The minimum absolute atomic E-state index is 0.316. The SMILES string of the molecule is CCOC(=O)c1ccc(NC(=O)Nc2ccc(Cl)nc2)cc1. The minimum Gasteiger partial charge on any atom is -0.462 e. The number of esters is 1. The first-order chi connectivity index (χ1) is 10.6. The smallest absolute Gasteiger partial charge is 0.338 e. The van der Waals surface area contributed by atoms with Gasteiger partial charge in [0, 0.05) is 5.69 Å². The molecule has 1 heterocycles. The Balaban J connectivity index is 1.94. The second-order valence-corrected chi connectivity index (χ2v) is 4.63. The second kappa shape index (κ2) is 7.42. The Hall–Kier alpha value is -2.60. The quantitative estimate of drug-likeness (QED) is 0.667. The first kappa shape index (κ1) is 15.8. The molecule has 0 saturated carbocycles. The summed E-state index contributed by atoms with van der Waals surface area (Å²) in [5.74, 6) is -0.397. The first-order valence-corrected chi connectivity index (χ1v) is 6.93. The Kier molecular flexibility index (Phi) is 5.32. The molecule has 0 aliphatic carbocycles. The maximum atomic E-state index is 11.8. The lowest BCUT2D eigenvalue weighted by Gasteiger charge is -2.08. The van der Waals surface area contributed by atoms with Crippen LogP contribution in [0.2, 0.25) is 5.15 Å². The fourth-order valence-corrected chi connectivity index (χ4v) is 1.76. The van der Waals surface area contributed by atoms with E-state index in [4.69, 9.17) is 16.3 Å². The van der Waals surface area contributed by atoms with E-state index in [-0.39, 0.29) is 0 Å². The van der Waals surface area contributed by atoms with Crippen molar-refractivity contribution in [3.05, 3.63) is 53.3 Å². The molecule has 0 unspecified atom stereocenters. The zero-order valence-corrected chi connectivity index (χ0v) is 12.6. The van der Waals surface area contributed by atoms with Crippen molar-refractivity contribution in [3.8, 4) is 0 Å². The van der Waals surface area contributed by atoms with Crippen LogP contribution in [0, 0.1) is 0 Å². The summed E-state index contributed by atoms with van der Waals surface area (Å²) in [7, 11) is 0.